The molecule has 19 heteroatoms. The molecule has 19 nitrogen and oxygen atoms in total. The molecule has 3 saturated heterocycles. The summed E-state index contributed by atoms with van der Waals surface area (Å²) in [5.41, 5.74) is -1.10. The van der Waals surface area contributed by atoms with Gasteiger partial charge in [-0.15, -0.1) is 0 Å². The predicted octanol–water partition coefficient (Wildman–Crippen LogP) is -1.52. The summed E-state index contributed by atoms with van der Waals surface area (Å²) in [6.07, 6.45) is -16.1. The molecule has 6 fully saturated rings. The first kappa shape index (κ1) is 52.1. The van der Waals surface area contributed by atoms with Gasteiger partial charge in [-0.05, 0) is 91.9 Å². The largest absolute Gasteiger partial charge is 0.396 e. The zero-order valence-corrected chi connectivity index (χ0v) is 39.6. The summed E-state index contributed by atoms with van der Waals surface area (Å²) in [4.78, 5) is 0. The Kier molecular flexibility index (Phi) is 14.5. The van der Waals surface area contributed by atoms with E-state index >= 15 is 0 Å². The highest BCUT2D eigenvalue weighted by Crippen LogP contribution is 2.74. The first-order chi connectivity index (χ1) is 31.4. The van der Waals surface area contributed by atoms with E-state index in [0.717, 1.165) is 17.6 Å². The number of ether oxygens (including phenoxy) is 6. The summed E-state index contributed by atoms with van der Waals surface area (Å²) < 4.78 is 35.9. The van der Waals surface area contributed by atoms with Gasteiger partial charge in [0.05, 0.1) is 44.7 Å². The molecule has 384 valence electrons. The molecule has 0 aromatic carbocycles. The van der Waals surface area contributed by atoms with Gasteiger partial charge in [-0.1, -0.05) is 52.3 Å². The van der Waals surface area contributed by atoms with Gasteiger partial charge >= 0.3 is 0 Å². The third kappa shape index (κ3) is 8.06. The van der Waals surface area contributed by atoms with E-state index in [1.165, 1.54) is 6.92 Å². The molecule has 0 bridgehead atoms. The molecule has 13 N–H and O–H groups in total. The maximum atomic E-state index is 12.1. The lowest BCUT2D eigenvalue weighted by Gasteiger charge is -2.70. The van der Waals surface area contributed by atoms with Crippen LogP contribution in [-0.4, -0.2) is 204 Å². The molecule has 25 atom stereocenters. The van der Waals surface area contributed by atoms with Crippen LogP contribution in [0.4, 0.5) is 0 Å². The van der Waals surface area contributed by atoms with E-state index in [0.29, 0.717) is 44.9 Å². The molecule has 3 heterocycles. The molecule has 25 unspecified atom stereocenters. The smallest absolute Gasteiger partial charge is 0.187 e. The van der Waals surface area contributed by atoms with Gasteiger partial charge in [-0.2, -0.15) is 0 Å². The van der Waals surface area contributed by atoms with Crippen LogP contribution in [0, 0.1) is 44.3 Å². The minimum absolute atomic E-state index is 0.00465. The molecule has 0 aromatic rings. The van der Waals surface area contributed by atoms with Crippen LogP contribution in [0.1, 0.15) is 92.9 Å². The number of hydrogen-bond donors (Lipinski definition) is 13. The number of fused-ring (bicyclic) bond motifs is 6. The third-order valence-corrected chi connectivity index (χ3v) is 19.2. The lowest BCUT2D eigenvalue weighted by molar-refractivity contribution is -0.374. The summed E-state index contributed by atoms with van der Waals surface area (Å²) in [5.74, 6) is -0.140. The lowest BCUT2D eigenvalue weighted by Crippen LogP contribution is -2.67. The topological polar surface area (TPSA) is 318 Å². The molecular formula is C48H78O19. The molecule has 67 heavy (non-hydrogen) atoms. The number of aliphatic hydroxyl groups excluding tert-OH is 13. The van der Waals surface area contributed by atoms with E-state index in [2.05, 4.69) is 39.8 Å². The Morgan fingerprint density at radius 1 is 0.642 bits per heavy atom. The van der Waals surface area contributed by atoms with Crippen LogP contribution in [0.5, 0.6) is 0 Å². The Bertz CT molecular complexity index is 1840. The van der Waals surface area contributed by atoms with Crippen LogP contribution in [0.25, 0.3) is 0 Å². The average Bonchev–Trinajstić information content (AvgIpc) is 3.30. The summed E-state index contributed by atoms with van der Waals surface area (Å²) in [7, 11) is 0. The fourth-order valence-corrected chi connectivity index (χ4v) is 14.5. The van der Waals surface area contributed by atoms with E-state index in [1.54, 1.807) is 0 Å². The second-order valence-corrected chi connectivity index (χ2v) is 22.9. The van der Waals surface area contributed by atoms with Crippen molar-refractivity contribution in [1.82, 2.24) is 0 Å². The molecule has 8 rings (SSSR count). The van der Waals surface area contributed by atoms with Crippen LogP contribution in [0.3, 0.4) is 0 Å². The van der Waals surface area contributed by atoms with Gasteiger partial charge < -0.3 is 94.8 Å². The maximum Gasteiger partial charge on any atom is 0.187 e. The average molecular weight is 959 g/mol. The standard InChI is InChI=1S/C48H78O19/c1-22-31(54)34(57)37(60)41(63-22)67-39-33(56)26(18-62-40-36(59)35(58)32(55)25(17-49)64-40)65-42(38(39)61)66-30-10-11-44(3)27(45(30,4)20-51)9-12-46(5)28(44)8-7-23-24-15-43(2,19-50)13-14-48(24,21-52)29(53)16-47(23,46)6/h7-8,22,25-42,49-61H,9-21H2,1-6H3. The van der Waals surface area contributed by atoms with Crippen molar-refractivity contribution in [3.63, 3.8) is 0 Å². The van der Waals surface area contributed by atoms with Gasteiger partial charge in [0.1, 0.15) is 67.1 Å². The second-order valence-electron chi connectivity index (χ2n) is 22.9. The van der Waals surface area contributed by atoms with Crippen molar-refractivity contribution in [2.75, 3.05) is 33.0 Å². The molecular weight excluding hydrogens is 881 g/mol. The first-order valence-corrected chi connectivity index (χ1v) is 24.3. The number of aliphatic hydroxyl groups is 13. The summed E-state index contributed by atoms with van der Waals surface area (Å²) in [6, 6.07) is 0. The molecule has 3 aliphatic heterocycles. The van der Waals surface area contributed by atoms with E-state index in [-0.39, 0.29) is 42.5 Å². The monoisotopic (exact) mass is 959 g/mol. The van der Waals surface area contributed by atoms with Crippen molar-refractivity contribution < 1.29 is 94.8 Å². The van der Waals surface area contributed by atoms with Crippen molar-refractivity contribution >= 4 is 0 Å². The van der Waals surface area contributed by atoms with Crippen molar-refractivity contribution in [3.8, 4) is 0 Å². The fourth-order valence-electron chi connectivity index (χ4n) is 14.5. The Balaban J connectivity index is 1.07. The molecule has 0 amide bonds. The van der Waals surface area contributed by atoms with Gasteiger partial charge in [0.2, 0.25) is 0 Å². The molecule has 0 spiro atoms. The first-order valence-electron chi connectivity index (χ1n) is 24.3. The fraction of sp³-hybridized carbons (Fsp3) is 0.917. The maximum absolute atomic E-state index is 12.1. The zero-order chi connectivity index (χ0) is 49.0. The van der Waals surface area contributed by atoms with Crippen molar-refractivity contribution in [1.29, 1.82) is 0 Å². The van der Waals surface area contributed by atoms with Gasteiger partial charge in [0.15, 0.2) is 18.9 Å². The summed E-state index contributed by atoms with van der Waals surface area (Å²) >= 11 is 0. The lowest BCUT2D eigenvalue weighted by atomic mass is 9.35. The van der Waals surface area contributed by atoms with Crippen molar-refractivity contribution in [2.24, 2.45) is 44.3 Å². The van der Waals surface area contributed by atoms with E-state index in [9.17, 15) is 66.4 Å². The quantitative estimate of drug-likeness (QED) is 0.105. The molecule has 0 radical (unpaired) electrons. The minimum atomic E-state index is -1.80. The van der Waals surface area contributed by atoms with E-state index < -0.39 is 139 Å². The number of rotatable bonds is 11. The Morgan fingerprint density at radius 3 is 1.96 bits per heavy atom. The predicted molar refractivity (Wildman–Crippen MR) is 233 cm³/mol. The minimum Gasteiger partial charge on any atom is -0.396 e. The number of hydrogen-bond acceptors (Lipinski definition) is 19. The van der Waals surface area contributed by atoms with E-state index in [4.69, 9.17) is 28.4 Å². The molecule has 8 aliphatic rings. The van der Waals surface area contributed by atoms with Gasteiger partial charge in [0, 0.05) is 22.9 Å². The summed E-state index contributed by atoms with van der Waals surface area (Å²) in [5, 5.41) is 142. The third-order valence-electron chi connectivity index (χ3n) is 19.2. The van der Waals surface area contributed by atoms with Crippen LogP contribution < -0.4 is 0 Å². The van der Waals surface area contributed by atoms with Crippen molar-refractivity contribution in [2.45, 2.75) is 197 Å². The second kappa shape index (κ2) is 18.6. The Morgan fingerprint density at radius 2 is 1.30 bits per heavy atom. The Hall–Kier alpha value is -1.28. The normalized spacial score (nSPS) is 55.6. The number of allylic oxidation sites excluding steroid dienone is 3. The van der Waals surface area contributed by atoms with Crippen molar-refractivity contribution in [3.05, 3.63) is 23.3 Å². The highest BCUT2D eigenvalue weighted by Gasteiger charge is 2.69. The van der Waals surface area contributed by atoms with Crippen LogP contribution in [0.2, 0.25) is 0 Å². The van der Waals surface area contributed by atoms with Gasteiger partial charge in [0.25, 0.3) is 0 Å². The Labute approximate surface area is 391 Å². The SMILES string of the molecule is CC1OC(OC2C(O)C(COC3OC(CO)C(O)C(O)C3O)OC(OC3CCC4(C)C(CCC5(C)C4C=CC4=C6CC(C)(CO)CCC6(CO)C(O)CC45C)C3(C)CO)C2O)C(O)C(O)C1O. The van der Waals surface area contributed by atoms with E-state index in [1.807, 2.05) is 6.92 Å². The summed E-state index contributed by atoms with van der Waals surface area (Å²) in [6.45, 7) is 10.5. The molecule has 5 aliphatic carbocycles. The van der Waals surface area contributed by atoms with Crippen LogP contribution >= 0.6 is 0 Å². The van der Waals surface area contributed by atoms with Crippen LogP contribution in [0.15, 0.2) is 23.3 Å². The highest BCUT2D eigenvalue weighted by molar-refractivity contribution is 5.47. The zero-order valence-electron chi connectivity index (χ0n) is 39.6. The molecule has 3 saturated carbocycles. The van der Waals surface area contributed by atoms with Gasteiger partial charge in [-0.3, -0.25) is 0 Å². The highest BCUT2D eigenvalue weighted by atomic mass is 16.7. The van der Waals surface area contributed by atoms with Crippen LogP contribution in [-0.2, 0) is 28.4 Å². The molecule has 0 aromatic heterocycles. The van der Waals surface area contributed by atoms with Gasteiger partial charge in [-0.25, -0.2) is 0 Å².